The molecule has 2 N–H and O–H groups in total. The van der Waals surface area contributed by atoms with Crippen molar-refractivity contribution in [2.24, 2.45) is 10.7 Å². The molecule has 3 rings (SSSR count). The van der Waals surface area contributed by atoms with Crippen molar-refractivity contribution in [1.29, 1.82) is 0 Å². The van der Waals surface area contributed by atoms with Crippen molar-refractivity contribution >= 4 is 17.7 Å². The summed E-state index contributed by atoms with van der Waals surface area (Å²) >= 11 is 1.90. The number of hydrogen-bond donors (Lipinski definition) is 1. The molecule has 3 nitrogen and oxygen atoms in total. The first-order chi connectivity index (χ1) is 9.66. The highest BCUT2D eigenvalue weighted by atomic mass is 32.2. The normalized spacial score (nSPS) is 26.7. The topological polar surface area (TPSA) is 41.6 Å². The van der Waals surface area contributed by atoms with Gasteiger partial charge in [-0.3, -0.25) is 0 Å². The zero-order valence-corrected chi connectivity index (χ0v) is 11.9. The highest BCUT2D eigenvalue weighted by molar-refractivity contribution is 7.99. The van der Waals surface area contributed by atoms with Crippen LogP contribution >= 0.6 is 11.8 Å². The average molecular weight is 297 g/mol. The first-order valence-corrected chi connectivity index (χ1v) is 7.92. The highest BCUT2D eigenvalue weighted by Crippen LogP contribution is 2.45. The van der Waals surface area contributed by atoms with E-state index in [1.54, 1.807) is 0 Å². The van der Waals surface area contributed by atoms with Crippen LogP contribution in [0.3, 0.4) is 0 Å². The molecule has 0 radical (unpaired) electrons. The predicted octanol–water partition coefficient (Wildman–Crippen LogP) is 2.18. The van der Waals surface area contributed by atoms with Crippen LogP contribution in [0.15, 0.2) is 23.2 Å². The number of rotatable bonds is 2. The molecule has 108 valence electrons. The highest BCUT2D eigenvalue weighted by Gasteiger charge is 2.42. The number of aliphatic imine (C=N–C) groups is 1. The largest absolute Gasteiger partial charge is 0.370 e. The molecule has 2 unspecified atom stereocenters. The van der Waals surface area contributed by atoms with Gasteiger partial charge in [0.05, 0.1) is 6.04 Å². The molecule has 1 heterocycles. The van der Waals surface area contributed by atoms with Crippen LogP contribution in [0.5, 0.6) is 0 Å². The molecule has 0 amide bonds. The standard InChI is InChI=1S/C14H17F2N3S/c15-10-2-1-3-11(16)13(10)9-8-12(9)18-14(17)19-4-6-20-7-5-19/h1-3,9,12H,4-8H2,(H2,17,18). The van der Waals surface area contributed by atoms with Crippen molar-refractivity contribution in [2.45, 2.75) is 18.4 Å². The molecule has 1 aliphatic heterocycles. The van der Waals surface area contributed by atoms with Gasteiger partial charge in [-0.15, -0.1) is 0 Å². The maximum atomic E-state index is 13.7. The second kappa shape index (κ2) is 5.60. The zero-order valence-electron chi connectivity index (χ0n) is 11.1. The second-order valence-electron chi connectivity index (χ2n) is 5.13. The van der Waals surface area contributed by atoms with E-state index in [1.165, 1.54) is 18.2 Å². The SMILES string of the molecule is NC(=NC1CC1c1c(F)cccc1F)N1CCSCC1. The Hall–Kier alpha value is -1.30. The van der Waals surface area contributed by atoms with Crippen molar-refractivity contribution in [3.05, 3.63) is 35.4 Å². The van der Waals surface area contributed by atoms with E-state index in [2.05, 4.69) is 4.99 Å². The Morgan fingerprint density at radius 2 is 1.90 bits per heavy atom. The van der Waals surface area contributed by atoms with Crippen LogP contribution in [0.2, 0.25) is 0 Å². The van der Waals surface area contributed by atoms with Crippen LogP contribution in [0, 0.1) is 11.6 Å². The van der Waals surface area contributed by atoms with Gasteiger partial charge in [0.2, 0.25) is 0 Å². The summed E-state index contributed by atoms with van der Waals surface area (Å²) in [6.07, 6.45) is 0.668. The van der Waals surface area contributed by atoms with Crippen molar-refractivity contribution in [1.82, 2.24) is 4.90 Å². The van der Waals surface area contributed by atoms with Crippen LogP contribution in [0.4, 0.5) is 8.78 Å². The molecule has 1 aliphatic carbocycles. The van der Waals surface area contributed by atoms with Crippen molar-refractivity contribution < 1.29 is 8.78 Å². The first kappa shape index (κ1) is 13.7. The van der Waals surface area contributed by atoms with Gasteiger partial charge in [-0.05, 0) is 18.6 Å². The smallest absolute Gasteiger partial charge is 0.191 e. The quantitative estimate of drug-likeness (QED) is 0.672. The Labute approximate surface area is 121 Å². The number of halogens is 2. The van der Waals surface area contributed by atoms with Gasteiger partial charge in [0.25, 0.3) is 0 Å². The number of benzene rings is 1. The third kappa shape index (κ3) is 2.75. The van der Waals surface area contributed by atoms with Gasteiger partial charge in [0.1, 0.15) is 11.6 Å². The van der Waals surface area contributed by atoms with Crippen LogP contribution in [-0.2, 0) is 0 Å². The van der Waals surface area contributed by atoms with Crippen LogP contribution in [0.1, 0.15) is 17.9 Å². The maximum absolute atomic E-state index is 13.7. The Balaban J connectivity index is 1.69. The summed E-state index contributed by atoms with van der Waals surface area (Å²) in [4.78, 5) is 6.48. The minimum Gasteiger partial charge on any atom is -0.370 e. The van der Waals surface area contributed by atoms with E-state index < -0.39 is 11.6 Å². The molecule has 6 heteroatoms. The van der Waals surface area contributed by atoms with Crippen molar-refractivity contribution in [2.75, 3.05) is 24.6 Å². The fourth-order valence-electron chi connectivity index (χ4n) is 2.54. The molecule has 2 atom stereocenters. The van der Waals surface area contributed by atoms with Gasteiger partial charge in [-0.2, -0.15) is 11.8 Å². The van der Waals surface area contributed by atoms with E-state index in [1.807, 2.05) is 16.7 Å². The fraction of sp³-hybridized carbons (Fsp3) is 0.500. The van der Waals surface area contributed by atoms with Crippen LogP contribution < -0.4 is 5.73 Å². The van der Waals surface area contributed by atoms with Gasteiger partial charge < -0.3 is 10.6 Å². The summed E-state index contributed by atoms with van der Waals surface area (Å²) in [5.41, 5.74) is 6.14. The number of hydrogen-bond acceptors (Lipinski definition) is 2. The first-order valence-electron chi connectivity index (χ1n) is 6.76. The summed E-state index contributed by atoms with van der Waals surface area (Å²) < 4.78 is 27.3. The van der Waals surface area contributed by atoms with Gasteiger partial charge in [-0.1, -0.05) is 6.07 Å². The van der Waals surface area contributed by atoms with E-state index in [-0.39, 0.29) is 17.5 Å². The monoisotopic (exact) mass is 297 g/mol. The molecular weight excluding hydrogens is 280 g/mol. The molecule has 0 aromatic heterocycles. The Bertz CT molecular complexity index is 509. The lowest BCUT2D eigenvalue weighted by Gasteiger charge is -2.27. The fourth-order valence-corrected chi connectivity index (χ4v) is 3.45. The second-order valence-corrected chi connectivity index (χ2v) is 6.36. The minimum absolute atomic E-state index is 0.0871. The lowest BCUT2D eigenvalue weighted by atomic mass is 10.1. The average Bonchev–Trinajstić information content (AvgIpc) is 3.18. The number of nitrogens with two attached hydrogens (primary N) is 1. The summed E-state index contributed by atoms with van der Waals surface area (Å²) in [5, 5.41) is 0. The Kier molecular flexibility index (Phi) is 3.83. The van der Waals surface area contributed by atoms with E-state index in [4.69, 9.17) is 5.73 Å². The molecule has 20 heavy (non-hydrogen) atoms. The third-order valence-electron chi connectivity index (χ3n) is 3.76. The van der Waals surface area contributed by atoms with Gasteiger partial charge >= 0.3 is 0 Å². The molecule has 0 bridgehead atoms. The van der Waals surface area contributed by atoms with E-state index >= 15 is 0 Å². The molecule has 0 spiro atoms. The lowest BCUT2D eigenvalue weighted by Crippen LogP contribution is -2.42. The van der Waals surface area contributed by atoms with Crippen molar-refractivity contribution in [3.63, 3.8) is 0 Å². The van der Waals surface area contributed by atoms with Crippen LogP contribution in [-0.4, -0.2) is 41.5 Å². The Morgan fingerprint density at radius 1 is 1.25 bits per heavy atom. The molecule has 2 fully saturated rings. The van der Waals surface area contributed by atoms with Gasteiger partial charge in [0, 0.05) is 36.1 Å². The minimum atomic E-state index is -0.486. The number of thioether (sulfide) groups is 1. The molecule has 1 aromatic rings. The van der Waals surface area contributed by atoms with Crippen LogP contribution in [0.25, 0.3) is 0 Å². The van der Waals surface area contributed by atoms with E-state index in [9.17, 15) is 8.78 Å². The molecule has 2 aliphatic rings. The van der Waals surface area contributed by atoms with E-state index in [0.717, 1.165) is 24.6 Å². The third-order valence-corrected chi connectivity index (χ3v) is 4.70. The zero-order chi connectivity index (χ0) is 14.1. The van der Waals surface area contributed by atoms with Gasteiger partial charge in [-0.25, -0.2) is 13.8 Å². The van der Waals surface area contributed by atoms with E-state index in [0.29, 0.717) is 12.4 Å². The Morgan fingerprint density at radius 3 is 2.55 bits per heavy atom. The summed E-state index contributed by atoms with van der Waals surface area (Å²) in [5.74, 6) is 1.46. The molecule has 1 saturated heterocycles. The molecule has 1 saturated carbocycles. The predicted molar refractivity (Wildman–Crippen MR) is 78.0 cm³/mol. The number of nitrogens with zero attached hydrogens (tertiary/aromatic N) is 2. The summed E-state index contributed by atoms with van der Waals surface area (Å²) in [7, 11) is 0. The van der Waals surface area contributed by atoms with Gasteiger partial charge in [0.15, 0.2) is 5.96 Å². The maximum Gasteiger partial charge on any atom is 0.191 e. The molecule has 1 aromatic carbocycles. The summed E-state index contributed by atoms with van der Waals surface area (Å²) in [6, 6.07) is 3.89. The summed E-state index contributed by atoms with van der Waals surface area (Å²) in [6.45, 7) is 1.79. The lowest BCUT2D eigenvalue weighted by molar-refractivity contribution is 0.455. The number of guanidine groups is 1. The molecular formula is C14H17F2N3S. The van der Waals surface area contributed by atoms with Crippen molar-refractivity contribution in [3.8, 4) is 0 Å².